The van der Waals surface area contributed by atoms with E-state index in [2.05, 4.69) is 42.5 Å². The Balaban J connectivity index is 0.000000963. The van der Waals surface area contributed by atoms with E-state index in [1.165, 1.54) is 27.8 Å². The lowest BCUT2D eigenvalue weighted by atomic mass is 10.0. The second kappa shape index (κ2) is 4.28. The number of hydrogen-bond acceptors (Lipinski definition) is 1. The zero-order valence-electron chi connectivity index (χ0n) is 8.94. The lowest BCUT2D eigenvalue weighted by molar-refractivity contribution is 1.06. The van der Waals surface area contributed by atoms with Crippen LogP contribution in [-0.2, 0) is 13.0 Å². The lowest BCUT2D eigenvalue weighted by Gasteiger charge is -2.02. The Kier molecular flexibility index (Phi) is 2.99. The van der Waals surface area contributed by atoms with Crippen LogP contribution in [0.4, 0.5) is 0 Å². The van der Waals surface area contributed by atoms with Crippen LogP contribution in [-0.4, -0.2) is 0 Å². The molecule has 0 spiro atoms. The maximum absolute atomic E-state index is 5.65. The summed E-state index contributed by atoms with van der Waals surface area (Å²) in [5.74, 6) is 0. The highest BCUT2D eigenvalue weighted by atomic mass is 35.5. The van der Waals surface area contributed by atoms with E-state index in [0.29, 0.717) is 6.54 Å². The second-order valence-electron chi connectivity index (χ2n) is 4.03. The summed E-state index contributed by atoms with van der Waals surface area (Å²) in [5.41, 5.74) is 12.5. The van der Waals surface area contributed by atoms with Gasteiger partial charge in [-0.2, -0.15) is 0 Å². The van der Waals surface area contributed by atoms with Gasteiger partial charge in [-0.05, 0) is 34.2 Å². The molecule has 0 aliphatic heterocycles. The van der Waals surface area contributed by atoms with Crippen LogP contribution in [0.25, 0.3) is 11.1 Å². The summed E-state index contributed by atoms with van der Waals surface area (Å²) in [4.78, 5) is 0. The Morgan fingerprint density at radius 3 is 2.50 bits per heavy atom. The number of benzene rings is 2. The normalized spacial score (nSPS) is 11.6. The Bertz CT molecular complexity index is 520. The van der Waals surface area contributed by atoms with E-state index >= 15 is 0 Å². The van der Waals surface area contributed by atoms with Crippen molar-refractivity contribution in [2.45, 2.75) is 13.0 Å². The van der Waals surface area contributed by atoms with Crippen molar-refractivity contribution in [3.8, 4) is 11.1 Å². The van der Waals surface area contributed by atoms with Crippen molar-refractivity contribution in [3.05, 3.63) is 59.2 Å². The molecule has 1 aliphatic rings. The molecule has 1 nitrogen and oxygen atoms in total. The van der Waals surface area contributed by atoms with Crippen molar-refractivity contribution in [3.63, 3.8) is 0 Å². The van der Waals surface area contributed by atoms with Gasteiger partial charge in [-0.15, -0.1) is 12.4 Å². The van der Waals surface area contributed by atoms with E-state index in [0.717, 1.165) is 6.42 Å². The molecule has 16 heavy (non-hydrogen) atoms. The first-order valence-corrected chi connectivity index (χ1v) is 5.28. The van der Waals surface area contributed by atoms with Gasteiger partial charge in [0.05, 0.1) is 0 Å². The molecule has 0 aromatic heterocycles. The summed E-state index contributed by atoms with van der Waals surface area (Å²) in [5, 5.41) is 0. The second-order valence-corrected chi connectivity index (χ2v) is 4.03. The van der Waals surface area contributed by atoms with Gasteiger partial charge in [-0.1, -0.05) is 42.5 Å². The number of rotatable bonds is 1. The lowest BCUT2D eigenvalue weighted by Crippen LogP contribution is -1.96. The van der Waals surface area contributed by atoms with Crippen molar-refractivity contribution in [1.29, 1.82) is 0 Å². The molecule has 82 valence electrons. The average molecular weight is 232 g/mol. The molecule has 0 fully saturated rings. The fraction of sp³-hybridized carbons (Fsp3) is 0.143. The molecule has 0 saturated heterocycles. The fourth-order valence-corrected chi connectivity index (χ4v) is 2.33. The average Bonchev–Trinajstić information content (AvgIpc) is 2.66. The van der Waals surface area contributed by atoms with E-state index in [1.807, 2.05) is 0 Å². The monoisotopic (exact) mass is 231 g/mol. The van der Waals surface area contributed by atoms with Gasteiger partial charge in [0, 0.05) is 6.54 Å². The summed E-state index contributed by atoms with van der Waals surface area (Å²) < 4.78 is 0. The van der Waals surface area contributed by atoms with E-state index in [4.69, 9.17) is 5.73 Å². The summed E-state index contributed by atoms with van der Waals surface area (Å²) >= 11 is 0. The highest BCUT2D eigenvalue weighted by molar-refractivity contribution is 5.85. The van der Waals surface area contributed by atoms with Gasteiger partial charge in [0.2, 0.25) is 0 Å². The third-order valence-corrected chi connectivity index (χ3v) is 3.09. The quantitative estimate of drug-likeness (QED) is 0.684. The first-order valence-electron chi connectivity index (χ1n) is 5.28. The highest BCUT2D eigenvalue weighted by Crippen LogP contribution is 2.36. The van der Waals surface area contributed by atoms with Crippen LogP contribution in [0.5, 0.6) is 0 Å². The van der Waals surface area contributed by atoms with Crippen LogP contribution in [0.15, 0.2) is 42.5 Å². The van der Waals surface area contributed by atoms with E-state index in [-0.39, 0.29) is 12.4 Å². The van der Waals surface area contributed by atoms with Gasteiger partial charge < -0.3 is 5.73 Å². The maximum atomic E-state index is 5.65. The fourth-order valence-electron chi connectivity index (χ4n) is 2.33. The Labute approximate surface area is 102 Å². The van der Waals surface area contributed by atoms with Gasteiger partial charge in [-0.3, -0.25) is 0 Å². The number of fused-ring (bicyclic) bond motifs is 3. The van der Waals surface area contributed by atoms with E-state index < -0.39 is 0 Å². The molecule has 1 aliphatic carbocycles. The van der Waals surface area contributed by atoms with Crippen LogP contribution in [0.2, 0.25) is 0 Å². The summed E-state index contributed by atoms with van der Waals surface area (Å²) in [7, 11) is 0. The zero-order valence-corrected chi connectivity index (χ0v) is 9.76. The molecule has 0 bridgehead atoms. The minimum absolute atomic E-state index is 0. The SMILES string of the molecule is Cl.NCc1ccc2c(c1)Cc1ccccc1-2. The molecular weight excluding hydrogens is 218 g/mol. The van der Waals surface area contributed by atoms with Crippen LogP contribution in [0.3, 0.4) is 0 Å². The molecule has 0 radical (unpaired) electrons. The van der Waals surface area contributed by atoms with Crippen molar-refractivity contribution >= 4 is 12.4 Å². The van der Waals surface area contributed by atoms with Crippen LogP contribution >= 0.6 is 12.4 Å². The minimum Gasteiger partial charge on any atom is -0.326 e. The minimum atomic E-state index is 0. The predicted octanol–water partition coefficient (Wildman–Crippen LogP) is 3.14. The summed E-state index contributed by atoms with van der Waals surface area (Å²) in [6.07, 6.45) is 1.05. The summed E-state index contributed by atoms with van der Waals surface area (Å²) in [6.45, 7) is 0.629. The Hall–Kier alpha value is -1.31. The molecule has 2 heteroatoms. The van der Waals surface area contributed by atoms with Crippen molar-refractivity contribution < 1.29 is 0 Å². The standard InChI is InChI=1S/C14H13N.ClH/c15-9-10-5-6-14-12(7-10)8-11-3-1-2-4-13(11)14;/h1-7H,8-9,15H2;1H. The molecule has 3 rings (SSSR count). The van der Waals surface area contributed by atoms with Gasteiger partial charge in [0.15, 0.2) is 0 Å². The van der Waals surface area contributed by atoms with Gasteiger partial charge in [0.1, 0.15) is 0 Å². The zero-order chi connectivity index (χ0) is 10.3. The number of nitrogens with two attached hydrogens (primary N) is 1. The topological polar surface area (TPSA) is 26.0 Å². The van der Waals surface area contributed by atoms with Crippen LogP contribution < -0.4 is 5.73 Å². The highest BCUT2D eigenvalue weighted by Gasteiger charge is 2.17. The molecule has 0 saturated carbocycles. The van der Waals surface area contributed by atoms with E-state index in [9.17, 15) is 0 Å². The maximum Gasteiger partial charge on any atom is 0.0178 e. The van der Waals surface area contributed by atoms with Gasteiger partial charge in [-0.25, -0.2) is 0 Å². The molecule has 0 heterocycles. The molecule has 0 unspecified atom stereocenters. The first kappa shape index (κ1) is 11.2. The third kappa shape index (κ3) is 1.62. The molecule has 0 atom stereocenters. The Morgan fingerprint density at radius 2 is 1.69 bits per heavy atom. The molecule has 0 amide bonds. The smallest absolute Gasteiger partial charge is 0.0178 e. The summed E-state index contributed by atoms with van der Waals surface area (Å²) in [6, 6.07) is 15.2. The largest absolute Gasteiger partial charge is 0.326 e. The van der Waals surface area contributed by atoms with Gasteiger partial charge >= 0.3 is 0 Å². The van der Waals surface area contributed by atoms with Crippen molar-refractivity contribution in [2.75, 3.05) is 0 Å². The number of hydrogen-bond donors (Lipinski definition) is 1. The van der Waals surface area contributed by atoms with Crippen molar-refractivity contribution in [1.82, 2.24) is 0 Å². The van der Waals surface area contributed by atoms with Crippen molar-refractivity contribution in [2.24, 2.45) is 5.73 Å². The predicted molar refractivity (Wildman–Crippen MR) is 69.8 cm³/mol. The van der Waals surface area contributed by atoms with Crippen LogP contribution in [0, 0.1) is 0 Å². The van der Waals surface area contributed by atoms with Gasteiger partial charge in [0.25, 0.3) is 0 Å². The molecular formula is C14H14ClN. The molecule has 2 aromatic rings. The molecule has 2 N–H and O–H groups in total. The molecule has 2 aromatic carbocycles. The van der Waals surface area contributed by atoms with Crippen LogP contribution in [0.1, 0.15) is 16.7 Å². The number of halogens is 1. The third-order valence-electron chi connectivity index (χ3n) is 3.09. The first-order chi connectivity index (χ1) is 7.38. The van der Waals surface area contributed by atoms with E-state index in [1.54, 1.807) is 0 Å². The Morgan fingerprint density at radius 1 is 0.938 bits per heavy atom.